The number of nitrogens with zero attached hydrogens (tertiary/aromatic N) is 1. The van der Waals surface area contributed by atoms with Crippen LogP contribution in [0.15, 0.2) is 78.3 Å². The fraction of sp³-hybridized carbons (Fsp3) is 0.318. The van der Waals surface area contributed by atoms with Crippen molar-refractivity contribution in [1.82, 2.24) is 4.90 Å². The van der Waals surface area contributed by atoms with Gasteiger partial charge in [0.05, 0.1) is 18.8 Å². The predicted molar refractivity (Wildman–Crippen MR) is 114 cm³/mol. The van der Waals surface area contributed by atoms with Gasteiger partial charge in [-0.3, -0.25) is 0 Å². The molecule has 2 N–H and O–H groups in total. The molecular formula is C22H24BrNO6. The number of hydrogen-bond donors (Lipinski definition) is 2. The molecule has 0 spiro atoms. The Morgan fingerprint density at radius 2 is 2.00 bits per heavy atom. The first-order valence-corrected chi connectivity index (χ1v) is 10.7. The van der Waals surface area contributed by atoms with Crippen molar-refractivity contribution >= 4 is 22.0 Å². The number of ether oxygens (including phenoxy) is 3. The Morgan fingerprint density at radius 1 is 1.20 bits per heavy atom. The normalized spacial score (nSPS) is 17.5. The number of carbonyl (C=O) groups is 1. The first kappa shape index (κ1) is 22.1. The van der Waals surface area contributed by atoms with Crippen LogP contribution in [0.4, 0.5) is 4.79 Å². The Morgan fingerprint density at radius 3 is 2.70 bits per heavy atom. The summed E-state index contributed by atoms with van der Waals surface area (Å²) in [4.78, 5) is 13.9. The fourth-order valence-electron chi connectivity index (χ4n) is 2.85. The van der Waals surface area contributed by atoms with E-state index in [0.29, 0.717) is 5.76 Å². The number of rotatable bonds is 8. The maximum atomic E-state index is 12.8. The van der Waals surface area contributed by atoms with E-state index in [-0.39, 0.29) is 24.4 Å². The number of allylic oxidation sites excluding steroid dienone is 4. The van der Waals surface area contributed by atoms with Crippen LogP contribution in [0.2, 0.25) is 0 Å². The lowest BCUT2D eigenvalue weighted by Gasteiger charge is -2.29. The van der Waals surface area contributed by atoms with Gasteiger partial charge in [-0.25, -0.2) is 9.69 Å². The second-order valence-electron chi connectivity index (χ2n) is 6.77. The lowest BCUT2D eigenvalue weighted by molar-refractivity contribution is 0.000166. The summed E-state index contributed by atoms with van der Waals surface area (Å²) in [5.41, 5.74) is 1.75. The fourth-order valence-corrected chi connectivity index (χ4v) is 3.28. The summed E-state index contributed by atoms with van der Waals surface area (Å²) in [6.07, 6.45) is 7.28. The molecule has 2 aliphatic rings. The van der Waals surface area contributed by atoms with Gasteiger partial charge in [-0.15, -0.1) is 0 Å². The summed E-state index contributed by atoms with van der Waals surface area (Å²) in [6.45, 7) is -0.179. The molecule has 1 aliphatic carbocycles. The van der Waals surface area contributed by atoms with Crippen LogP contribution in [0.5, 0.6) is 0 Å². The Balaban J connectivity index is 1.73. The number of halogens is 1. The molecule has 8 heteroatoms. The molecule has 2 atom stereocenters. The van der Waals surface area contributed by atoms with Gasteiger partial charge >= 0.3 is 6.09 Å². The standard InChI is InChI=1S/C22H24BrNO6/c23-11-18(25)19(26)12-24(22(27)29-13-16-7-3-1-4-8-16)21-15-28-14-20(30-21)17-9-5-2-6-10-17/h1-5,7-9,14-15,18-19,25-26H,6,10-13H2. The van der Waals surface area contributed by atoms with E-state index in [1.807, 2.05) is 42.5 Å². The van der Waals surface area contributed by atoms with Crippen LogP contribution < -0.4 is 0 Å². The topological polar surface area (TPSA) is 88.5 Å². The van der Waals surface area contributed by atoms with E-state index in [4.69, 9.17) is 14.2 Å². The average Bonchev–Trinajstić information content (AvgIpc) is 2.81. The highest BCUT2D eigenvalue weighted by Gasteiger charge is 2.30. The quantitative estimate of drug-likeness (QED) is 0.554. The van der Waals surface area contributed by atoms with E-state index >= 15 is 0 Å². The lowest BCUT2D eigenvalue weighted by Crippen LogP contribution is -2.43. The molecule has 1 aromatic carbocycles. The van der Waals surface area contributed by atoms with Crippen molar-refractivity contribution < 1.29 is 29.2 Å². The number of hydrogen-bond acceptors (Lipinski definition) is 6. The molecule has 0 radical (unpaired) electrons. The van der Waals surface area contributed by atoms with E-state index < -0.39 is 18.3 Å². The summed E-state index contributed by atoms with van der Waals surface area (Å²) >= 11 is 3.12. The maximum Gasteiger partial charge on any atom is 0.417 e. The maximum absolute atomic E-state index is 12.8. The van der Waals surface area contributed by atoms with E-state index in [1.54, 1.807) is 0 Å². The van der Waals surface area contributed by atoms with Crippen molar-refractivity contribution in [1.29, 1.82) is 0 Å². The number of carbonyl (C=O) groups excluding carboxylic acids is 1. The molecule has 2 unspecified atom stereocenters. The van der Waals surface area contributed by atoms with Gasteiger partial charge in [0.15, 0.2) is 12.0 Å². The van der Waals surface area contributed by atoms with Gasteiger partial charge in [0.1, 0.15) is 12.9 Å². The number of aliphatic hydroxyl groups is 2. The molecule has 1 aliphatic heterocycles. The Hall–Kier alpha value is -2.55. The number of aliphatic hydroxyl groups excluding tert-OH is 2. The van der Waals surface area contributed by atoms with E-state index in [2.05, 4.69) is 22.0 Å². The van der Waals surface area contributed by atoms with Gasteiger partial charge in [0, 0.05) is 5.33 Å². The summed E-state index contributed by atoms with van der Waals surface area (Å²) in [5, 5.41) is 20.4. The third kappa shape index (κ3) is 5.98. The van der Waals surface area contributed by atoms with Gasteiger partial charge in [-0.05, 0) is 24.0 Å². The van der Waals surface area contributed by atoms with Crippen LogP contribution >= 0.6 is 15.9 Å². The zero-order valence-electron chi connectivity index (χ0n) is 16.3. The average molecular weight is 478 g/mol. The van der Waals surface area contributed by atoms with Crippen molar-refractivity contribution in [3.8, 4) is 0 Å². The summed E-state index contributed by atoms with van der Waals surface area (Å²) in [7, 11) is 0. The first-order valence-electron chi connectivity index (χ1n) is 9.58. The van der Waals surface area contributed by atoms with Crippen LogP contribution in [-0.2, 0) is 20.8 Å². The van der Waals surface area contributed by atoms with Gasteiger partial charge in [0.2, 0.25) is 5.88 Å². The number of amides is 1. The molecule has 30 heavy (non-hydrogen) atoms. The molecule has 0 saturated carbocycles. The molecule has 0 saturated heterocycles. The van der Waals surface area contributed by atoms with Gasteiger partial charge in [0.25, 0.3) is 0 Å². The number of benzene rings is 1. The Labute approximate surface area is 183 Å². The van der Waals surface area contributed by atoms with E-state index in [1.165, 1.54) is 12.5 Å². The van der Waals surface area contributed by atoms with Crippen LogP contribution in [-0.4, -0.2) is 45.3 Å². The smallest absolute Gasteiger partial charge is 0.417 e. The lowest BCUT2D eigenvalue weighted by atomic mass is 10.0. The molecule has 0 aromatic heterocycles. The minimum atomic E-state index is -1.22. The summed E-state index contributed by atoms with van der Waals surface area (Å²) < 4.78 is 16.7. The molecule has 3 rings (SSSR count). The van der Waals surface area contributed by atoms with Crippen molar-refractivity contribution in [2.45, 2.75) is 31.7 Å². The molecule has 1 heterocycles. The molecule has 1 amide bonds. The Bertz CT molecular complexity index is 848. The number of alkyl halides is 1. The molecular weight excluding hydrogens is 454 g/mol. The van der Waals surface area contributed by atoms with Crippen molar-refractivity contribution in [2.75, 3.05) is 11.9 Å². The highest BCUT2D eigenvalue weighted by molar-refractivity contribution is 9.09. The summed E-state index contributed by atoms with van der Waals surface area (Å²) in [6, 6.07) is 9.24. The van der Waals surface area contributed by atoms with Gasteiger partial charge in [-0.2, -0.15) is 0 Å². The van der Waals surface area contributed by atoms with Crippen LogP contribution in [0.3, 0.4) is 0 Å². The molecule has 1 aromatic rings. The molecule has 0 fully saturated rings. The van der Waals surface area contributed by atoms with E-state index in [9.17, 15) is 15.0 Å². The third-order valence-electron chi connectivity index (χ3n) is 4.55. The van der Waals surface area contributed by atoms with Gasteiger partial charge in [-0.1, -0.05) is 64.5 Å². The second kappa shape index (κ2) is 11.0. The Kier molecular flexibility index (Phi) is 8.12. The van der Waals surface area contributed by atoms with Crippen LogP contribution in [0, 0.1) is 0 Å². The molecule has 160 valence electrons. The minimum Gasteiger partial charge on any atom is -0.463 e. The minimum absolute atomic E-state index is 0.0556. The SMILES string of the molecule is O=C(OCc1ccccc1)N(CC(O)C(O)CBr)C1=COC=C(C2=CC=CCC2)O1. The van der Waals surface area contributed by atoms with Crippen LogP contribution in [0.25, 0.3) is 0 Å². The summed E-state index contributed by atoms with van der Waals surface area (Å²) in [5.74, 6) is 0.551. The van der Waals surface area contributed by atoms with E-state index in [0.717, 1.165) is 28.9 Å². The van der Waals surface area contributed by atoms with Crippen molar-refractivity contribution in [3.05, 3.63) is 83.9 Å². The zero-order chi connectivity index (χ0) is 21.3. The molecule has 0 bridgehead atoms. The van der Waals surface area contributed by atoms with Gasteiger partial charge < -0.3 is 24.4 Å². The molecule has 7 nitrogen and oxygen atoms in total. The van der Waals surface area contributed by atoms with Crippen molar-refractivity contribution in [2.24, 2.45) is 0 Å². The monoisotopic (exact) mass is 477 g/mol. The highest BCUT2D eigenvalue weighted by atomic mass is 79.9. The largest absolute Gasteiger partial charge is 0.463 e. The van der Waals surface area contributed by atoms with Crippen LogP contribution in [0.1, 0.15) is 18.4 Å². The third-order valence-corrected chi connectivity index (χ3v) is 5.22. The second-order valence-corrected chi connectivity index (χ2v) is 7.42. The van der Waals surface area contributed by atoms with Crippen molar-refractivity contribution in [3.63, 3.8) is 0 Å². The predicted octanol–water partition coefficient (Wildman–Crippen LogP) is 3.71. The first-order chi connectivity index (χ1) is 14.6. The zero-order valence-corrected chi connectivity index (χ0v) is 17.9. The highest BCUT2D eigenvalue weighted by Crippen LogP contribution is 2.28.